The van der Waals surface area contributed by atoms with E-state index in [1.165, 1.54) is 24.4 Å². The molecule has 0 bridgehead atoms. The summed E-state index contributed by atoms with van der Waals surface area (Å²) in [7, 11) is 3.58. The van der Waals surface area contributed by atoms with Crippen molar-refractivity contribution in [3.63, 3.8) is 0 Å². The third-order valence-corrected chi connectivity index (χ3v) is 7.67. The molecule has 212 valence electrons. The van der Waals surface area contributed by atoms with Crippen LogP contribution in [0, 0.1) is 0 Å². The highest BCUT2D eigenvalue weighted by Crippen LogP contribution is 2.32. The SMILES string of the molecule is COc1cnc(-n2cnc(N3CCN(C)CC3)n2)c2[nH]cc(C(=O)C(=O)N3CCN(C(=O)c4ccccc4)CC3)c12. The molecule has 1 N–H and O–H groups in total. The van der Waals surface area contributed by atoms with Crippen LogP contribution < -0.4 is 9.64 Å². The largest absolute Gasteiger partial charge is 0.494 e. The first-order valence-electron chi connectivity index (χ1n) is 13.5. The lowest BCUT2D eigenvalue weighted by Crippen LogP contribution is -2.52. The first-order chi connectivity index (χ1) is 19.9. The molecule has 3 aromatic heterocycles. The second kappa shape index (κ2) is 11.0. The number of likely N-dealkylation sites (N-methyl/N-ethyl adjacent to an activating group) is 1. The van der Waals surface area contributed by atoms with Crippen LogP contribution in [0.5, 0.6) is 5.75 Å². The number of ketones is 1. The fourth-order valence-corrected chi connectivity index (χ4v) is 5.25. The highest BCUT2D eigenvalue weighted by Gasteiger charge is 2.31. The topological polar surface area (TPSA) is 133 Å². The smallest absolute Gasteiger partial charge is 0.295 e. The van der Waals surface area contributed by atoms with Gasteiger partial charge < -0.3 is 29.3 Å². The number of nitrogens with one attached hydrogen (secondary N) is 1. The van der Waals surface area contributed by atoms with Crippen LogP contribution in [0.4, 0.5) is 5.95 Å². The molecule has 2 amide bonds. The van der Waals surface area contributed by atoms with E-state index in [1.54, 1.807) is 28.0 Å². The molecule has 0 unspecified atom stereocenters. The Hall–Kier alpha value is -4.78. The molecule has 6 rings (SSSR count). The molecular formula is C28H31N9O4. The number of amides is 2. The molecule has 5 heterocycles. The van der Waals surface area contributed by atoms with Crippen LogP contribution in [-0.2, 0) is 4.79 Å². The molecule has 13 nitrogen and oxygen atoms in total. The number of H-pyrrole nitrogens is 1. The number of carbonyl (C=O) groups is 3. The summed E-state index contributed by atoms with van der Waals surface area (Å²) in [4.78, 5) is 59.2. The van der Waals surface area contributed by atoms with Crippen molar-refractivity contribution in [2.24, 2.45) is 0 Å². The molecule has 0 aliphatic carbocycles. The lowest BCUT2D eigenvalue weighted by molar-refractivity contribution is -0.127. The van der Waals surface area contributed by atoms with Gasteiger partial charge in [-0.2, -0.15) is 9.67 Å². The van der Waals surface area contributed by atoms with Gasteiger partial charge in [-0.15, -0.1) is 5.10 Å². The van der Waals surface area contributed by atoms with E-state index in [-0.39, 0.29) is 24.6 Å². The number of aromatic amines is 1. The number of benzene rings is 1. The number of Topliss-reactive ketones (excluding diaryl/α,β-unsaturated/α-hetero) is 1. The number of rotatable bonds is 6. The second-order valence-corrected chi connectivity index (χ2v) is 10.2. The van der Waals surface area contributed by atoms with Crippen LogP contribution in [0.3, 0.4) is 0 Å². The van der Waals surface area contributed by atoms with Gasteiger partial charge in [0.25, 0.3) is 17.6 Å². The van der Waals surface area contributed by atoms with E-state index in [4.69, 9.17) is 4.74 Å². The second-order valence-electron chi connectivity index (χ2n) is 10.2. The van der Waals surface area contributed by atoms with E-state index in [0.29, 0.717) is 47.1 Å². The lowest BCUT2D eigenvalue weighted by Gasteiger charge is -2.34. The highest BCUT2D eigenvalue weighted by atomic mass is 16.5. The molecule has 41 heavy (non-hydrogen) atoms. The molecule has 2 aliphatic heterocycles. The average Bonchev–Trinajstić information content (AvgIpc) is 3.69. The van der Waals surface area contributed by atoms with Crippen molar-refractivity contribution in [3.05, 3.63) is 60.2 Å². The summed E-state index contributed by atoms with van der Waals surface area (Å²) in [6, 6.07) is 9.03. The Labute approximate surface area is 236 Å². The van der Waals surface area contributed by atoms with Crippen LogP contribution in [-0.4, -0.2) is 124 Å². The maximum absolute atomic E-state index is 13.5. The Kier molecular flexibility index (Phi) is 7.10. The minimum atomic E-state index is -0.661. The van der Waals surface area contributed by atoms with Gasteiger partial charge in [-0.1, -0.05) is 18.2 Å². The Balaban J connectivity index is 1.21. The summed E-state index contributed by atoms with van der Waals surface area (Å²) in [6.07, 6.45) is 4.61. The normalized spacial score (nSPS) is 16.3. The predicted molar refractivity (Wildman–Crippen MR) is 151 cm³/mol. The Morgan fingerprint density at radius 2 is 1.61 bits per heavy atom. The maximum Gasteiger partial charge on any atom is 0.295 e. The zero-order chi connectivity index (χ0) is 28.5. The summed E-state index contributed by atoms with van der Waals surface area (Å²) in [5.74, 6) is 0.0237. The van der Waals surface area contributed by atoms with Crippen LogP contribution >= 0.6 is 0 Å². The number of piperazine rings is 2. The van der Waals surface area contributed by atoms with Crippen molar-refractivity contribution < 1.29 is 19.1 Å². The number of ether oxygens (including phenoxy) is 1. The molecular weight excluding hydrogens is 526 g/mol. The van der Waals surface area contributed by atoms with Gasteiger partial charge in [0.15, 0.2) is 5.82 Å². The summed E-state index contributed by atoms with van der Waals surface area (Å²) < 4.78 is 7.08. The van der Waals surface area contributed by atoms with Gasteiger partial charge in [-0.25, -0.2) is 4.98 Å². The fraction of sp³-hybridized carbons (Fsp3) is 0.357. The van der Waals surface area contributed by atoms with E-state index in [2.05, 4.69) is 36.9 Å². The average molecular weight is 558 g/mol. The summed E-state index contributed by atoms with van der Waals surface area (Å²) in [5, 5.41) is 5.09. The van der Waals surface area contributed by atoms with E-state index in [1.807, 2.05) is 18.2 Å². The van der Waals surface area contributed by atoms with Crippen LogP contribution in [0.1, 0.15) is 20.7 Å². The first-order valence-corrected chi connectivity index (χ1v) is 13.5. The zero-order valence-corrected chi connectivity index (χ0v) is 23.0. The quantitative estimate of drug-likeness (QED) is 0.273. The molecule has 2 saturated heterocycles. The van der Waals surface area contributed by atoms with Crippen molar-refractivity contribution in [2.45, 2.75) is 0 Å². The fourth-order valence-electron chi connectivity index (χ4n) is 5.25. The van der Waals surface area contributed by atoms with Crippen molar-refractivity contribution in [2.75, 3.05) is 71.4 Å². The number of hydrogen-bond donors (Lipinski definition) is 1. The van der Waals surface area contributed by atoms with Crippen molar-refractivity contribution in [3.8, 4) is 11.6 Å². The Morgan fingerprint density at radius 1 is 0.902 bits per heavy atom. The minimum absolute atomic E-state index is 0.0886. The minimum Gasteiger partial charge on any atom is -0.494 e. The number of anilines is 1. The van der Waals surface area contributed by atoms with Gasteiger partial charge in [-0.3, -0.25) is 14.4 Å². The Morgan fingerprint density at radius 3 is 2.32 bits per heavy atom. The molecule has 1 aromatic carbocycles. The van der Waals surface area contributed by atoms with Crippen LogP contribution in [0.15, 0.2) is 49.1 Å². The number of carbonyl (C=O) groups excluding carboxylic acids is 3. The monoisotopic (exact) mass is 557 g/mol. The first kappa shape index (κ1) is 26.4. The molecule has 0 radical (unpaired) electrons. The van der Waals surface area contributed by atoms with Crippen LogP contribution in [0.25, 0.3) is 16.7 Å². The molecule has 0 spiro atoms. The van der Waals surface area contributed by atoms with Crippen molar-refractivity contribution >= 4 is 34.4 Å². The summed E-state index contributed by atoms with van der Waals surface area (Å²) in [5.41, 5.74) is 1.29. The van der Waals surface area contributed by atoms with Gasteiger partial charge in [-0.05, 0) is 19.2 Å². The van der Waals surface area contributed by atoms with E-state index in [0.717, 1.165) is 26.2 Å². The van der Waals surface area contributed by atoms with Gasteiger partial charge in [0.05, 0.1) is 29.8 Å². The third kappa shape index (κ3) is 4.99. The predicted octanol–water partition coefficient (Wildman–Crippen LogP) is 1.07. The number of hydrogen-bond acceptors (Lipinski definition) is 9. The molecule has 0 atom stereocenters. The molecule has 2 aliphatic rings. The summed E-state index contributed by atoms with van der Waals surface area (Å²) >= 11 is 0. The number of nitrogens with zero attached hydrogens (tertiary/aromatic N) is 8. The van der Waals surface area contributed by atoms with Gasteiger partial charge in [0.1, 0.15) is 12.1 Å². The highest BCUT2D eigenvalue weighted by molar-refractivity contribution is 6.45. The molecule has 13 heteroatoms. The van der Waals surface area contributed by atoms with Crippen LogP contribution in [0.2, 0.25) is 0 Å². The van der Waals surface area contributed by atoms with Gasteiger partial charge in [0.2, 0.25) is 5.95 Å². The Bertz CT molecular complexity index is 1580. The summed E-state index contributed by atoms with van der Waals surface area (Å²) in [6.45, 7) is 4.73. The molecule has 2 fully saturated rings. The maximum atomic E-state index is 13.5. The number of aromatic nitrogens is 5. The van der Waals surface area contributed by atoms with E-state index >= 15 is 0 Å². The van der Waals surface area contributed by atoms with E-state index < -0.39 is 11.7 Å². The number of methoxy groups -OCH3 is 1. The zero-order valence-electron chi connectivity index (χ0n) is 23.0. The van der Waals surface area contributed by atoms with E-state index in [9.17, 15) is 14.4 Å². The number of fused-ring (bicyclic) bond motifs is 1. The van der Waals surface area contributed by atoms with Crippen molar-refractivity contribution in [1.82, 2.24) is 39.4 Å². The molecule has 4 aromatic rings. The third-order valence-electron chi connectivity index (χ3n) is 7.67. The van der Waals surface area contributed by atoms with Crippen molar-refractivity contribution in [1.29, 1.82) is 0 Å². The van der Waals surface area contributed by atoms with Gasteiger partial charge in [0, 0.05) is 64.1 Å². The van der Waals surface area contributed by atoms with Gasteiger partial charge >= 0.3 is 0 Å². The lowest BCUT2D eigenvalue weighted by atomic mass is 10.1. The molecule has 0 saturated carbocycles. The number of pyridine rings is 1. The standard InChI is InChI=1S/C28H31N9O4/c1-33-8-10-36(11-9-33)28-31-18-37(32-28)25-23-22(21(41-2)17-30-25)20(16-29-23)24(38)27(40)35-14-12-34(13-15-35)26(39)19-6-4-3-5-7-19/h3-7,16-18,29H,8-15H2,1-2H3.